The molecule has 0 heterocycles. The van der Waals surface area contributed by atoms with Gasteiger partial charge in [0, 0.05) is 6.42 Å². The summed E-state index contributed by atoms with van der Waals surface area (Å²) in [5.41, 5.74) is -0.260. The van der Waals surface area contributed by atoms with E-state index in [0.717, 1.165) is 6.42 Å². The molecule has 0 amide bonds. The zero-order valence-electron chi connectivity index (χ0n) is 10.2. The van der Waals surface area contributed by atoms with Gasteiger partial charge in [0.15, 0.2) is 0 Å². The van der Waals surface area contributed by atoms with Crippen LogP contribution in [0.3, 0.4) is 0 Å². The van der Waals surface area contributed by atoms with Gasteiger partial charge in [-0.2, -0.15) is 0 Å². The van der Waals surface area contributed by atoms with Crippen molar-refractivity contribution in [1.82, 2.24) is 0 Å². The van der Waals surface area contributed by atoms with Crippen molar-refractivity contribution in [3.8, 4) is 0 Å². The smallest absolute Gasteiger partial charge is 0.305 e. The molecule has 0 saturated heterocycles. The molecule has 0 saturated carbocycles. The first kappa shape index (κ1) is 14.4. The number of ether oxygens (including phenoxy) is 1. The van der Waals surface area contributed by atoms with Crippen molar-refractivity contribution in [2.75, 3.05) is 13.2 Å². The molecule has 90 valence electrons. The fraction of sp³-hybridized carbons (Fsp3) is 0.909. The summed E-state index contributed by atoms with van der Waals surface area (Å²) in [4.78, 5) is 21.1. The summed E-state index contributed by atoms with van der Waals surface area (Å²) in [6.07, 6.45) is 1.88. The maximum atomic E-state index is 10.9. The fourth-order valence-corrected chi connectivity index (χ4v) is 0.769. The molecule has 0 aliphatic rings. The molecular weight excluding hydrogens is 196 g/mol. The minimum atomic E-state index is -0.260. The Morgan fingerprint density at radius 1 is 1.27 bits per heavy atom. The summed E-state index contributed by atoms with van der Waals surface area (Å²) in [6, 6.07) is 0. The Balaban J connectivity index is 3.36. The average Bonchev–Trinajstić information content (AvgIpc) is 2.17. The number of carbonyl (C=O) groups excluding carboxylic acids is 1. The first-order chi connectivity index (χ1) is 7.02. The topological polar surface area (TPSA) is 44.8 Å². The zero-order chi connectivity index (χ0) is 11.7. The molecule has 0 aromatic carbocycles. The molecular formula is C11H22O4. The largest absolute Gasteiger partial charge is 0.466 e. The highest BCUT2D eigenvalue weighted by Gasteiger charge is 2.16. The van der Waals surface area contributed by atoms with Crippen LogP contribution < -0.4 is 0 Å². The van der Waals surface area contributed by atoms with Crippen LogP contribution >= 0.6 is 0 Å². The van der Waals surface area contributed by atoms with E-state index < -0.39 is 0 Å². The summed E-state index contributed by atoms with van der Waals surface area (Å²) >= 11 is 0. The van der Waals surface area contributed by atoms with Crippen molar-refractivity contribution in [1.29, 1.82) is 0 Å². The molecule has 0 aromatic heterocycles. The molecule has 0 aliphatic heterocycles. The second-order valence-electron chi connectivity index (χ2n) is 3.93. The molecule has 15 heavy (non-hydrogen) atoms. The van der Waals surface area contributed by atoms with Crippen molar-refractivity contribution in [2.45, 2.75) is 52.6 Å². The number of carbonyl (C=O) groups is 1. The lowest BCUT2D eigenvalue weighted by molar-refractivity contribution is -0.353. The van der Waals surface area contributed by atoms with Crippen LogP contribution in [0.4, 0.5) is 0 Å². The van der Waals surface area contributed by atoms with Crippen LogP contribution in [0.2, 0.25) is 0 Å². The quantitative estimate of drug-likeness (QED) is 0.272. The van der Waals surface area contributed by atoms with Crippen molar-refractivity contribution < 1.29 is 19.3 Å². The van der Waals surface area contributed by atoms with E-state index in [0.29, 0.717) is 26.1 Å². The van der Waals surface area contributed by atoms with Crippen LogP contribution in [-0.2, 0) is 19.3 Å². The molecule has 0 unspecified atom stereocenters. The maximum Gasteiger partial charge on any atom is 0.305 e. The van der Waals surface area contributed by atoms with Crippen LogP contribution in [0.5, 0.6) is 0 Å². The second-order valence-corrected chi connectivity index (χ2v) is 3.93. The van der Waals surface area contributed by atoms with E-state index in [1.807, 2.05) is 20.8 Å². The van der Waals surface area contributed by atoms with Crippen LogP contribution in [-0.4, -0.2) is 24.8 Å². The van der Waals surface area contributed by atoms with E-state index in [1.165, 1.54) is 0 Å². The van der Waals surface area contributed by atoms with E-state index >= 15 is 0 Å². The van der Waals surface area contributed by atoms with Gasteiger partial charge in [-0.1, -0.05) is 6.92 Å². The van der Waals surface area contributed by atoms with Gasteiger partial charge >= 0.3 is 5.97 Å². The van der Waals surface area contributed by atoms with Gasteiger partial charge in [0.25, 0.3) is 0 Å². The predicted molar refractivity (Wildman–Crippen MR) is 57.3 cm³/mol. The molecule has 4 nitrogen and oxygen atoms in total. The Bertz CT molecular complexity index is 177. The SMILES string of the molecule is CCOC(=O)CCCOOC(C)(C)CC. The van der Waals surface area contributed by atoms with Gasteiger partial charge in [0.1, 0.15) is 0 Å². The van der Waals surface area contributed by atoms with Gasteiger partial charge in [-0.3, -0.25) is 4.79 Å². The Kier molecular flexibility index (Phi) is 7.34. The highest BCUT2D eigenvalue weighted by molar-refractivity contribution is 5.69. The third kappa shape index (κ3) is 8.39. The van der Waals surface area contributed by atoms with Crippen molar-refractivity contribution in [2.24, 2.45) is 0 Å². The van der Waals surface area contributed by atoms with Gasteiger partial charge in [-0.05, 0) is 33.6 Å². The van der Waals surface area contributed by atoms with Gasteiger partial charge in [0.05, 0.1) is 18.8 Å². The van der Waals surface area contributed by atoms with Crippen LogP contribution in [0, 0.1) is 0 Å². The van der Waals surface area contributed by atoms with Crippen LogP contribution in [0.25, 0.3) is 0 Å². The van der Waals surface area contributed by atoms with E-state index in [4.69, 9.17) is 14.5 Å². The summed E-state index contributed by atoms with van der Waals surface area (Å²) < 4.78 is 4.78. The number of rotatable bonds is 8. The number of hydrogen-bond acceptors (Lipinski definition) is 4. The second kappa shape index (κ2) is 7.65. The predicted octanol–water partition coefficient (Wildman–Crippen LogP) is 2.47. The highest BCUT2D eigenvalue weighted by Crippen LogP contribution is 2.13. The standard InChI is InChI=1S/C11H22O4/c1-5-11(3,4)15-14-9-7-8-10(12)13-6-2/h5-9H2,1-4H3. The lowest BCUT2D eigenvalue weighted by Crippen LogP contribution is -2.23. The summed E-state index contributed by atoms with van der Waals surface area (Å²) in [6.45, 7) is 8.58. The van der Waals surface area contributed by atoms with Gasteiger partial charge in [-0.25, -0.2) is 9.78 Å². The molecule has 0 atom stereocenters. The van der Waals surface area contributed by atoms with Gasteiger partial charge in [-0.15, -0.1) is 0 Å². The number of hydrogen-bond donors (Lipinski definition) is 0. The fourth-order valence-electron chi connectivity index (χ4n) is 0.769. The first-order valence-electron chi connectivity index (χ1n) is 5.48. The third-order valence-electron chi connectivity index (χ3n) is 2.05. The zero-order valence-corrected chi connectivity index (χ0v) is 10.2. The summed E-state index contributed by atoms with van der Waals surface area (Å²) in [5, 5.41) is 0. The van der Waals surface area contributed by atoms with E-state index in [-0.39, 0.29) is 11.6 Å². The molecule has 0 spiro atoms. The molecule has 0 N–H and O–H groups in total. The lowest BCUT2D eigenvalue weighted by atomic mass is 10.1. The molecule has 0 rings (SSSR count). The Hall–Kier alpha value is -0.610. The van der Waals surface area contributed by atoms with E-state index in [1.54, 1.807) is 6.92 Å². The minimum Gasteiger partial charge on any atom is -0.466 e. The monoisotopic (exact) mass is 218 g/mol. The summed E-state index contributed by atoms with van der Waals surface area (Å²) in [5.74, 6) is -0.184. The normalized spacial score (nSPS) is 11.5. The van der Waals surface area contributed by atoms with E-state index in [9.17, 15) is 4.79 Å². The van der Waals surface area contributed by atoms with Crippen molar-refractivity contribution in [3.63, 3.8) is 0 Å². The van der Waals surface area contributed by atoms with Crippen LogP contribution in [0.1, 0.15) is 47.0 Å². The van der Waals surface area contributed by atoms with Gasteiger partial charge in [0.2, 0.25) is 0 Å². The third-order valence-corrected chi connectivity index (χ3v) is 2.05. The highest BCUT2D eigenvalue weighted by atomic mass is 17.2. The Morgan fingerprint density at radius 3 is 2.47 bits per heavy atom. The van der Waals surface area contributed by atoms with Gasteiger partial charge < -0.3 is 4.74 Å². The molecule has 0 fully saturated rings. The molecule has 0 radical (unpaired) electrons. The minimum absolute atomic E-state index is 0.184. The Morgan fingerprint density at radius 2 is 1.93 bits per heavy atom. The van der Waals surface area contributed by atoms with Crippen molar-refractivity contribution in [3.05, 3.63) is 0 Å². The Labute approximate surface area is 91.8 Å². The average molecular weight is 218 g/mol. The molecule has 0 aromatic rings. The molecule has 4 heteroatoms. The van der Waals surface area contributed by atoms with E-state index in [2.05, 4.69) is 0 Å². The number of esters is 1. The van der Waals surface area contributed by atoms with Crippen LogP contribution in [0.15, 0.2) is 0 Å². The summed E-state index contributed by atoms with van der Waals surface area (Å²) in [7, 11) is 0. The lowest BCUT2D eigenvalue weighted by Gasteiger charge is -2.21. The molecule has 0 aliphatic carbocycles. The molecule has 0 bridgehead atoms. The maximum absolute atomic E-state index is 10.9. The van der Waals surface area contributed by atoms with Crippen molar-refractivity contribution >= 4 is 5.97 Å². The first-order valence-corrected chi connectivity index (χ1v) is 5.48.